The fraction of sp³-hybridized carbons (Fsp3) is 0.263. The van der Waals surface area contributed by atoms with E-state index in [1.54, 1.807) is 18.0 Å². The van der Waals surface area contributed by atoms with Crippen molar-refractivity contribution in [3.8, 4) is 0 Å². The molecule has 0 aliphatic rings. The summed E-state index contributed by atoms with van der Waals surface area (Å²) >= 11 is 3.38. The van der Waals surface area contributed by atoms with Crippen molar-refractivity contribution in [3.05, 3.63) is 69.2 Å². The zero-order valence-corrected chi connectivity index (χ0v) is 15.7. The lowest BCUT2D eigenvalue weighted by molar-refractivity contribution is -0.129. The highest BCUT2D eigenvalue weighted by Crippen LogP contribution is 2.12. The van der Waals surface area contributed by atoms with Crippen LogP contribution in [0.4, 0.5) is 0 Å². The molecule has 0 atom stereocenters. The van der Waals surface area contributed by atoms with E-state index in [0.29, 0.717) is 12.1 Å². The predicted molar refractivity (Wildman–Crippen MR) is 98.9 cm³/mol. The first-order valence-electron chi connectivity index (χ1n) is 7.70. The fourth-order valence-corrected chi connectivity index (χ4v) is 2.49. The van der Waals surface area contributed by atoms with Crippen LogP contribution in [0.3, 0.4) is 0 Å². The van der Waals surface area contributed by atoms with E-state index in [-0.39, 0.29) is 18.4 Å². The van der Waals surface area contributed by atoms with Gasteiger partial charge in [-0.25, -0.2) is 0 Å². The Morgan fingerprint density at radius 2 is 1.71 bits per heavy atom. The largest absolute Gasteiger partial charge is 0.343 e. The van der Waals surface area contributed by atoms with Crippen LogP contribution < -0.4 is 5.32 Å². The summed E-state index contributed by atoms with van der Waals surface area (Å²) < 4.78 is 1.00. The molecule has 0 radical (unpaired) electrons. The van der Waals surface area contributed by atoms with Crippen LogP contribution in [0.5, 0.6) is 0 Å². The fourth-order valence-electron chi connectivity index (χ4n) is 2.23. The average molecular weight is 389 g/mol. The maximum atomic E-state index is 12.2. The van der Waals surface area contributed by atoms with Crippen LogP contribution in [-0.2, 0) is 11.3 Å². The number of aryl methyl sites for hydroxylation is 2. The molecule has 0 aromatic heterocycles. The van der Waals surface area contributed by atoms with E-state index in [9.17, 15) is 9.59 Å². The van der Waals surface area contributed by atoms with Gasteiger partial charge in [0.1, 0.15) is 0 Å². The second-order valence-corrected chi connectivity index (χ2v) is 6.77. The Morgan fingerprint density at radius 3 is 2.33 bits per heavy atom. The highest BCUT2D eigenvalue weighted by Gasteiger charge is 2.12. The monoisotopic (exact) mass is 388 g/mol. The first kappa shape index (κ1) is 18.2. The number of carbonyl (C=O) groups excluding carboxylic acids is 2. The van der Waals surface area contributed by atoms with Gasteiger partial charge in [-0.2, -0.15) is 0 Å². The first-order valence-corrected chi connectivity index (χ1v) is 8.50. The standard InChI is InChI=1S/C19H21BrN2O2/c1-13-4-7-16(10-14(13)2)19(24)21-11-18(23)22(3)12-15-5-8-17(20)9-6-15/h4-10H,11-12H2,1-3H3,(H,21,24). The lowest BCUT2D eigenvalue weighted by atomic mass is 10.1. The van der Waals surface area contributed by atoms with Gasteiger partial charge in [-0.1, -0.05) is 34.1 Å². The van der Waals surface area contributed by atoms with Gasteiger partial charge in [0.15, 0.2) is 0 Å². The summed E-state index contributed by atoms with van der Waals surface area (Å²) in [5.74, 6) is -0.362. The van der Waals surface area contributed by atoms with Crippen LogP contribution in [0.15, 0.2) is 46.9 Å². The summed E-state index contributed by atoms with van der Waals surface area (Å²) in [7, 11) is 1.73. The normalized spacial score (nSPS) is 10.3. The van der Waals surface area contributed by atoms with Gasteiger partial charge < -0.3 is 10.2 Å². The Balaban J connectivity index is 1.88. The second kappa shape index (κ2) is 8.11. The molecule has 5 heteroatoms. The van der Waals surface area contributed by atoms with E-state index in [1.807, 2.05) is 50.2 Å². The number of amides is 2. The minimum Gasteiger partial charge on any atom is -0.343 e. The number of hydrogen-bond acceptors (Lipinski definition) is 2. The van der Waals surface area contributed by atoms with Crippen LogP contribution in [0.25, 0.3) is 0 Å². The van der Waals surface area contributed by atoms with Gasteiger partial charge in [0.05, 0.1) is 6.54 Å². The highest BCUT2D eigenvalue weighted by molar-refractivity contribution is 9.10. The molecule has 0 saturated carbocycles. The summed E-state index contributed by atoms with van der Waals surface area (Å²) in [6.45, 7) is 4.45. The molecule has 126 valence electrons. The van der Waals surface area contributed by atoms with Crippen LogP contribution in [0, 0.1) is 13.8 Å². The van der Waals surface area contributed by atoms with Crippen molar-refractivity contribution in [1.82, 2.24) is 10.2 Å². The lowest BCUT2D eigenvalue weighted by Gasteiger charge is -2.18. The smallest absolute Gasteiger partial charge is 0.251 e. The topological polar surface area (TPSA) is 49.4 Å². The minimum atomic E-state index is -0.233. The third-order valence-electron chi connectivity index (χ3n) is 3.93. The number of rotatable bonds is 5. The summed E-state index contributed by atoms with van der Waals surface area (Å²) in [4.78, 5) is 25.9. The third-order valence-corrected chi connectivity index (χ3v) is 4.46. The molecule has 2 amide bonds. The molecule has 0 heterocycles. The third kappa shape index (κ3) is 4.93. The molecular weight excluding hydrogens is 368 g/mol. The Morgan fingerprint density at radius 1 is 1.04 bits per heavy atom. The van der Waals surface area contributed by atoms with Crippen molar-refractivity contribution < 1.29 is 9.59 Å². The summed E-state index contributed by atoms with van der Waals surface area (Å²) in [6.07, 6.45) is 0. The van der Waals surface area contributed by atoms with Crippen LogP contribution in [-0.4, -0.2) is 30.3 Å². The van der Waals surface area contributed by atoms with E-state index < -0.39 is 0 Å². The molecule has 0 bridgehead atoms. The number of likely N-dealkylation sites (N-methyl/N-ethyl adjacent to an activating group) is 1. The van der Waals surface area contributed by atoms with E-state index in [1.165, 1.54) is 0 Å². The average Bonchev–Trinajstić information content (AvgIpc) is 2.56. The molecule has 0 aliphatic carbocycles. The van der Waals surface area contributed by atoms with E-state index >= 15 is 0 Å². The Labute approximate surface area is 151 Å². The molecule has 0 spiro atoms. The van der Waals surface area contributed by atoms with Crippen molar-refractivity contribution in [2.45, 2.75) is 20.4 Å². The van der Waals surface area contributed by atoms with Crippen molar-refractivity contribution >= 4 is 27.7 Å². The first-order chi connectivity index (χ1) is 11.4. The molecule has 2 rings (SSSR count). The quantitative estimate of drug-likeness (QED) is 0.852. The minimum absolute atomic E-state index is 0.0151. The van der Waals surface area contributed by atoms with Gasteiger partial charge in [-0.15, -0.1) is 0 Å². The van der Waals surface area contributed by atoms with Gasteiger partial charge in [0, 0.05) is 23.6 Å². The van der Waals surface area contributed by atoms with Crippen LogP contribution in [0.1, 0.15) is 27.0 Å². The number of nitrogens with zero attached hydrogens (tertiary/aromatic N) is 1. The van der Waals surface area contributed by atoms with Crippen molar-refractivity contribution in [2.24, 2.45) is 0 Å². The molecule has 2 aromatic rings. The molecule has 0 fully saturated rings. The molecule has 1 N–H and O–H groups in total. The predicted octanol–water partition coefficient (Wildman–Crippen LogP) is 3.45. The summed E-state index contributed by atoms with van der Waals surface area (Å²) in [5, 5.41) is 2.68. The SMILES string of the molecule is Cc1ccc(C(=O)NCC(=O)N(C)Cc2ccc(Br)cc2)cc1C. The zero-order chi connectivity index (χ0) is 17.7. The maximum absolute atomic E-state index is 12.2. The molecular formula is C19H21BrN2O2. The van der Waals surface area contributed by atoms with E-state index in [0.717, 1.165) is 21.2 Å². The molecule has 0 saturated heterocycles. The maximum Gasteiger partial charge on any atom is 0.251 e. The zero-order valence-electron chi connectivity index (χ0n) is 14.1. The highest BCUT2D eigenvalue weighted by atomic mass is 79.9. The summed E-state index contributed by atoms with van der Waals surface area (Å²) in [6, 6.07) is 13.3. The van der Waals surface area contributed by atoms with Gasteiger partial charge in [-0.05, 0) is 54.8 Å². The van der Waals surface area contributed by atoms with Crippen LogP contribution in [0.2, 0.25) is 0 Å². The van der Waals surface area contributed by atoms with Crippen molar-refractivity contribution in [2.75, 3.05) is 13.6 Å². The number of hydrogen-bond donors (Lipinski definition) is 1. The van der Waals surface area contributed by atoms with E-state index in [2.05, 4.69) is 21.2 Å². The van der Waals surface area contributed by atoms with Crippen molar-refractivity contribution in [3.63, 3.8) is 0 Å². The van der Waals surface area contributed by atoms with Gasteiger partial charge in [0.25, 0.3) is 5.91 Å². The van der Waals surface area contributed by atoms with Gasteiger partial charge in [0.2, 0.25) is 5.91 Å². The molecule has 4 nitrogen and oxygen atoms in total. The molecule has 0 aliphatic heterocycles. The number of nitrogens with one attached hydrogen (secondary N) is 1. The van der Waals surface area contributed by atoms with Crippen molar-refractivity contribution in [1.29, 1.82) is 0 Å². The Kier molecular flexibility index (Phi) is 6.15. The second-order valence-electron chi connectivity index (χ2n) is 5.86. The molecule has 2 aromatic carbocycles. The van der Waals surface area contributed by atoms with E-state index in [4.69, 9.17) is 0 Å². The van der Waals surface area contributed by atoms with Gasteiger partial charge >= 0.3 is 0 Å². The lowest BCUT2D eigenvalue weighted by Crippen LogP contribution is -2.37. The van der Waals surface area contributed by atoms with Crippen LogP contribution >= 0.6 is 15.9 Å². The Hall–Kier alpha value is -2.14. The van der Waals surface area contributed by atoms with Gasteiger partial charge in [-0.3, -0.25) is 9.59 Å². The number of halogens is 1. The number of carbonyl (C=O) groups is 2. The molecule has 24 heavy (non-hydrogen) atoms. The number of benzene rings is 2. The summed E-state index contributed by atoms with van der Waals surface area (Å²) in [5.41, 5.74) is 3.80. The Bertz CT molecular complexity index is 742. The molecule has 0 unspecified atom stereocenters.